The first kappa shape index (κ1) is 12.9. The van der Waals surface area contributed by atoms with Crippen LogP contribution in [0.2, 0.25) is 0 Å². The van der Waals surface area contributed by atoms with Gasteiger partial charge in [-0.3, -0.25) is 4.79 Å². The van der Waals surface area contributed by atoms with E-state index in [1.165, 1.54) is 0 Å². The number of carboxylic acids is 1. The monoisotopic (exact) mass is 248 g/mol. The summed E-state index contributed by atoms with van der Waals surface area (Å²) in [7, 11) is 1.67. The SMILES string of the molecule is COc1c(C)cc(CC2(C(=O)O)CCC2)cc1C. The minimum atomic E-state index is -0.653. The van der Waals surface area contributed by atoms with Gasteiger partial charge in [0.1, 0.15) is 5.75 Å². The van der Waals surface area contributed by atoms with Crippen LogP contribution < -0.4 is 4.74 Å². The fourth-order valence-corrected chi connectivity index (χ4v) is 2.92. The van der Waals surface area contributed by atoms with Crippen molar-refractivity contribution in [2.24, 2.45) is 5.41 Å². The number of ether oxygens (including phenoxy) is 1. The fourth-order valence-electron chi connectivity index (χ4n) is 2.92. The zero-order valence-electron chi connectivity index (χ0n) is 11.2. The highest BCUT2D eigenvalue weighted by molar-refractivity contribution is 5.76. The number of benzene rings is 1. The molecule has 0 radical (unpaired) electrons. The third-order valence-corrected chi connectivity index (χ3v) is 4.03. The second kappa shape index (κ2) is 4.63. The van der Waals surface area contributed by atoms with Gasteiger partial charge >= 0.3 is 5.97 Å². The van der Waals surface area contributed by atoms with E-state index in [2.05, 4.69) is 12.1 Å². The average Bonchev–Trinajstić information content (AvgIpc) is 2.22. The lowest BCUT2D eigenvalue weighted by atomic mass is 9.65. The molecule has 0 amide bonds. The lowest BCUT2D eigenvalue weighted by Gasteiger charge is -2.38. The van der Waals surface area contributed by atoms with Crippen LogP contribution in [0.5, 0.6) is 5.75 Å². The minimum absolute atomic E-state index is 0.520. The maximum atomic E-state index is 11.4. The normalized spacial score (nSPS) is 17.1. The molecule has 18 heavy (non-hydrogen) atoms. The Labute approximate surface area is 108 Å². The number of aryl methyl sites for hydroxylation is 2. The van der Waals surface area contributed by atoms with E-state index in [-0.39, 0.29) is 0 Å². The van der Waals surface area contributed by atoms with E-state index in [9.17, 15) is 9.90 Å². The summed E-state index contributed by atoms with van der Waals surface area (Å²) in [6.07, 6.45) is 3.26. The molecular formula is C15H20O3. The minimum Gasteiger partial charge on any atom is -0.496 e. The van der Waals surface area contributed by atoms with Gasteiger partial charge in [-0.05, 0) is 49.8 Å². The predicted molar refractivity (Wildman–Crippen MR) is 70.1 cm³/mol. The van der Waals surface area contributed by atoms with E-state index in [1.54, 1.807) is 7.11 Å². The third kappa shape index (κ3) is 2.09. The third-order valence-electron chi connectivity index (χ3n) is 4.03. The van der Waals surface area contributed by atoms with Gasteiger partial charge in [0, 0.05) is 0 Å². The van der Waals surface area contributed by atoms with E-state index in [4.69, 9.17) is 4.74 Å². The molecule has 0 heterocycles. The summed E-state index contributed by atoms with van der Waals surface area (Å²) in [6.45, 7) is 4.01. The van der Waals surface area contributed by atoms with Crippen LogP contribution in [0, 0.1) is 19.3 Å². The molecule has 1 aromatic carbocycles. The first-order valence-electron chi connectivity index (χ1n) is 6.36. The molecule has 0 aromatic heterocycles. The van der Waals surface area contributed by atoms with Gasteiger partial charge in [0.05, 0.1) is 12.5 Å². The molecule has 1 aromatic rings. The van der Waals surface area contributed by atoms with Gasteiger partial charge in [0.15, 0.2) is 0 Å². The van der Waals surface area contributed by atoms with E-state index < -0.39 is 11.4 Å². The van der Waals surface area contributed by atoms with Gasteiger partial charge < -0.3 is 9.84 Å². The molecule has 1 fully saturated rings. The fraction of sp³-hybridized carbons (Fsp3) is 0.533. The van der Waals surface area contributed by atoms with Crippen LogP contribution in [0.25, 0.3) is 0 Å². The number of hydrogen-bond donors (Lipinski definition) is 1. The first-order valence-corrected chi connectivity index (χ1v) is 6.36. The summed E-state index contributed by atoms with van der Waals surface area (Å²) < 4.78 is 5.33. The Morgan fingerprint density at radius 2 is 1.89 bits per heavy atom. The second-order valence-electron chi connectivity index (χ2n) is 5.38. The largest absolute Gasteiger partial charge is 0.496 e. The highest BCUT2D eigenvalue weighted by atomic mass is 16.5. The van der Waals surface area contributed by atoms with Crippen molar-refractivity contribution < 1.29 is 14.6 Å². The number of aliphatic carboxylic acids is 1. The Hall–Kier alpha value is -1.51. The topological polar surface area (TPSA) is 46.5 Å². The second-order valence-corrected chi connectivity index (χ2v) is 5.38. The van der Waals surface area contributed by atoms with Gasteiger partial charge in [-0.15, -0.1) is 0 Å². The van der Waals surface area contributed by atoms with Crippen molar-refractivity contribution in [2.45, 2.75) is 39.5 Å². The summed E-state index contributed by atoms with van der Waals surface area (Å²) in [5.74, 6) is 0.247. The molecule has 0 unspecified atom stereocenters. The van der Waals surface area contributed by atoms with Crippen molar-refractivity contribution in [1.82, 2.24) is 0 Å². The summed E-state index contributed by atoms with van der Waals surface area (Å²) in [6, 6.07) is 4.10. The summed E-state index contributed by atoms with van der Waals surface area (Å²) in [4.78, 5) is 11.4. The van der Waals surface area contributed by atoms with E-state index in [1.807, 2.05) is 13.8 Å². The molecule has 0 atom stereocenters. The first-order chi connectivity index (χ1) is 8.48. The molecule has 0 bridgehead atoms. The van der Waals surface area contributed by atoms with Gasteiger partial charge in [0.25, 0.3) is 0 Å². The van der Waals surface area contributed by atoms with Crippen LogP contribution in [0.4, 0.5) is 0 Å². The Morgan fingerprint density at radius 3 is 2.22 bits per heavy atom. The molecule has 2 rings (SSSR count). The quantitative estimate of drug-likeness (QED) is 0.890. The molecule has 3 heteroatoms. The van der Waals surface area contributed by atoms with Crippen LogP contribution in [0.15, 0.2) is 12.1 Å². The van der Waals surface area contributed by atoms with E-state index >= 15 is 0 Å². The molecule has 1 aliphatic carbocycles. The molecule has 0 spiro atoms. The highest BCUT2D eigenvalue weighted by Crippen LogP contribution is 2.44. The molecule has 3 nitrogen and oxygen atoms in total. The molecule has 1 N–H and O–H groups in total. The van der Waals surface area contributed by atoms with E-state index in [0.29, 0.717) is 6.42 Å². The molecule has 98 valence electrons. The smallest absolute Gasteiger partial charge is 0.309 e. The number of methoxy groups -OCH3 is 1. The Balaban J connectivity index is 2.27. The Kier molecular flexibility index (Phi) is 3.33. The molecular weight excluding hydrogens is 228 g/mol. The van der Waals surface area contributed by atoms with Crippen molar-refractivity contribution in [3.05, 3.63) is 28.8 Å². The van der Waals surface area contributed by atoms with Crippen LogP contribution in [-0.4, -0.2) is 18.2 Å². The van der Waals surface area contributed by atoms with Gasteiger partial charge in [-0.25, -0.2) is 0 Å². The van der Waals surface area contributed by atoms with Crippen LogP contribution in [0.1, 0.15) is 36.0 Å². The number of hydrogen-bond acceptors (Lipinski definition) is 2. The van der Waals surface area contributed by atoms with Crippen molar-refractivity contribution in [3.63, 3.8) is 0 Å². The lowest BCUT2D eigenvalue weighted by molar-refractivity contribution is -0.154. The summed E-state index contributed by atoms with van der Waals surface area (Å²) in [5.41, 5.74) is 2.74. The standard InChI is InChI=1S/C15H20O3/c1-10-7-12(8-11(2)13(10)18-3)9-15(14(16)17)5-4-6-15/h7-8H,4-6,9H2,1-3H3,(H,16,17). The van der Waals surface area contributed by atoms with Gasteiger partial charge in [-0.2, -0.15) is 0 Å². The Bertz CT molecular complexity index is 450. The number of carboxylic acid groups (broad SMARTS) is 1. The van der Waals surface area contributed by atoms with Crippen molar-refractivity contribution in [2.75, 3.05) is 7.11 Å². The van der Waals surface area contributed by atoms with Crippen LogP contribution in [0.3, 0.4) is 0 Å². The average molecular weight is 248 g/mol. The highest BCUT2D eigenvalue weighted by Gasteiger charge is 2.44. The maximum Gasteiger partial charge on any atom is 0.309 e. The number of rotatable bonds is 4. The Morgan fingerprint density at radius 1 is 1.33 bits per heavy atom. The molecule has 0 aliphatic heterocycles. The lowest BCUT2D eigenvalue weighted by Crippen LogP contribution is -2.39. The van der Waals surface area contributed by atoms with Crippen LogP contribution in [-0.2, 0) is 11.2 Å². The maximum absolute atomic E-state index is 11.4. The zero-order valence-corrected chi connectivity index (χ0v) is 11.2. The van der Waals surface area contributed by atoms with Crippen molar-refractivity contribution >= 4 is 5.97 Å². The van der Waals surface area contributed by atoms with Gasteiger partial charge in [-0.1, -0.05) is 18.6 Å². The molecule has 1 saturated carbocycles. The van der Waals surface area contributed by atoms with Crippen molar-refractivity contribution in [3.8, 4) is 5.75 Å². The summed E-state index contributed by atoms with van der Waals surface area (Å²) >= 11 is 0. The molecule has 1 aliphatic rings. The predicted octanol–water partition coefficient (Wildman–Crippen LogP) is 3.11. The van der Waals surface area contributed by atoms with Gasteiger partial charge in [0.2, 0.25) is 0 Å². The van der Waals surface area contributed by atoms with E-state index in [0.717, 1.165) is 41.7 Å². The van der Waals surface area contributed by atoms with Crippen LogP contribution >= 0.6 is 0 Å². The molecule has 0 saturated heterocycles. The van der Waals surface area contributed by atoms with Crippen molar-refractivity contribution in [1.29, 1.82) is 0 Å². The zero-order chi connectivity index (χ0) is 13.3. The number of carbonyl (C=O) groups is 1. The summed E-state index contributed by atoms with van der Waals surface area (Å²) in [5, 5.41) is 9.36.